The molecule has 2 atom stereocenters. The number of aliphatic hydroxyl groups is 1. The zero-order chi connectivity index (χ0) is 10.7. The minimum atomic E-state index is -0.325. The maximum atomic E-state index is 9.38. The summed E-state index contributed by atoms with van der Waals surface area (Å²) in [5.41, 5.74) is 1.17. The summed E-state index contributed by atoms with van der Waals surface area (Å²) in [5.74, 6) is 0. The molecule has 1 aromatic heterocycles. The second-order valence-electron chi connectivity index (χ2n) is 3.31. The molecule has 1 aromatic rings. The molecule has 1 rings (SSSR count). The van der Waals surface area contributed by atoms with Crippen LogP contribution >= 0.6 is 27.7 Å². The summed E-state index contributed by atoms with van der Waals surface area (Å²) < 4.78 is 1.03. The van der Waals surface area contributed by atoms with Crippen molar-refractivity contribution in [2.24, 2.45) is 0 Å². The number of aromatic nitrogens is 1. The van der Waals surface area contributed by atoms with Gasteiger partial charge in [-0.2, -0.15) is 0 Å². The minimum absolute atomic E-state index is 0.153. The third-order valence-corrected chi connectivity index (χ3v) is 4.59. The maximum absolute atomic E-state index is 9.38. The van der Waals surface area contributed by atoms with Crippen LogP contribution in [0.4, 0.5) is 0 Å². The molecule has 0 aliphatic rings. The first-order chi connectivity index (χ1) is 6.52. The Hall–Kier alpha value is -0.0600. The number of hydrogen-bond donors (Lipinski definition) is 1. The largest absolute Gasteiger partial charge is 0.392 e. The monoisotopic (exact) mass is 275 g/mol. The summed E-state index contributed by atoms with van der Waals surface area (Å²) in [6, 6.07) is 1.96. The van der Waals surface area contributed by atoms with E-state index >= 15 is 0 Å². The number of nitrogens with zero attached hydrogens (tertiary/aromatic N) is 1. The predicted octanol–water partition coefficient (Wildman–Crippen LogP) is 3.01. The second-order valence-corrected chi connectivity index (χ2v) is 5.47. The van der Waals surface area contributed by atoms with E-state index in [0.717, 1.165) is 9.50 Å². The lowest BCUT2D eigenvalue weighted by atomic mass is 10.3. The van der Waals surface area contributed by atoms with E-state index in [4.69, 9.17) is 0 Å². The normalized spacial score (nSPS) is 15.2. The van der Waals surface area contributed by atoms with Gasteiger partial charge in [0.1, 0.15) is 5.03 Å². The van der Waals surface area contributed by atoms with Crippen LogP contribution in [-0.4, -0.2) is 21.4 Å². The van der Waals surface area contributed by atoms with Crippen LogP contribution < -0.4 is 0 Å². The molecule has 2 unspecified atom stereocenters. The maximum Gasteiger partial charge on any atom is 0.111 e. The van der Waals surface area contributed by atoms with E-state index in [1.165, 1.54) is 5.56 Å². The molecular weight excluding hydrogens is 262 g/mol. The van der Waals surface area contributed by atoms with E-state index in [9.17, 15) is 5.11 Å². The molecule has 0 fully saturated rings. The molecule has 1 heterocycles. The SMILES string of the molecule is Cc1ccnc(SC(C)C(C)O)c1Br. The lowest BCUT2D eigenvalue weighted by molar-refractivity contribution is 0.196. The minimum Gasteiger partial charge on any atom is -0.392 e. The molecule has 0 amide bonds. The number of hydrogen-bond acceptors (Lipinski definition) is 3. The molecular formula is C10H14BrNOS. The van der Waals surface area contributed by atoms with E-state index < -0.39 is 0 Å². The van der Waals surface area contributed by atoms with Crippen molar-refractivity contribution < 1.29 is 5.11 Å². The molecule has 0 bridgehead atoms. The van der Waals surface area contributed by atoms with Crippen LogP contribution in [0, 0.1) is 6.92 Å². The average Bonchev–Trinajstić information content (AvgIpc) is 2.12. The van der Waals surface area contributed by atoms with Crippen LogP contribution in [0.15, 0.2) is 21.8 Å². The van der Waals surface area contributed by atoms with Crippen molar-refractivity contribution in [2.75, 3.05) is 0 Å². The fraction of sp³-hybridized carbons (Fsp3) is 0.500. The first-order valence-corrected chi connectivity index (χ1v) is 6.15. The summed E-state index contributed by atoms with van der Waals surface area (Å²) in [6.07, 6.45) is 1.46. The average molecular weight is 276 g/mol. The van der Waals surface area contributed by atoms with E-state index in [1.807, 2.05) is 19.9 Å². The van der Waals surface area contributed by atoms with Crippen LogP contribution in [0.3, 0.4) is 0 Å². The quantitative estimate of drug-likeness (QED) is 0.861. The van der Waals surface area contributed by atoms with Crippen molar-refractivity contribution in [1.29, 1.82) is 0 Å². The molecule has 0 aromatic carbocycles. The first-order valence-electron chi connectivity index (χ1n) is 4.48. The Morgan fingerprint density at radius 2 is 2.14 bits per heavy atom. The molecule has 78 valence electrons. The molecule has 14 heavy (non-hydrogen) atoms. The summed E-state index contributed by atoms with van der Waals surface area (Å²) in [6.45, 7) is 5.82. The van der Waals surface area contributed by atoms with E-state index in [-0.39, 0.29) is 11.4 Å². The van der Waals surface area contributed by atoms with E-state index in [1.54, 1.807) is 24.9 Å². The lowest BCUT2D eigenvalue weighted by Crippen LogP contribution is -2.15. The molecule has 0 saturated carbocycles. The zero-order valence-corrected chi connectivity index (χ0v) is 10.9. The second kappa shape index (κ2) is 5.14. The third kappa shape index (κ3) is 2.97. The zero-order valence-electron chi connectivity index (χ0n) is 8.49. The molecule has 0 saturated heterocycles. The Morgan fingerprint density at radius 1 is 1.50 bits per heavy atom. The Kier molecular flexibility index (Phi) is 4.41. The van der Waals surface area contributed by atoms with Gasteiger partial charge in [-0.05, 0) is 41.4 Å². The third-order valence-electron chi connectivity index (χ3n) is 2.03. The van der Waals surface area contributed by atoms with Crippen molar-refractivity contribution >= 4 is 27.7 Å². The molecule has 0 radical (unpaired) electrons. The van der Waals surface area contributed by atoms with Gasteiger partial charge in [-0.3, -0.25) is 0 Å². The Bertz CT molecular complexity index is 317. The van der Waals surface area contributed by atoms with E-state index in [2.05, 4.69) is 20.9 Å². The molecule has 0 spiro atoms. The summed E-state index contributed by atoms with van der Waals surface area (Å²) >= 11 is 5.08. The number of aryl methyl sites for hydroxylation is 1. The number of pyridine rings is 1. The van der Waals surface area contributed by atoms with Crippen molar-refractivity contribution in [3.05, 3.63) is 22.3 Å². The highest BCUT2D eigenvalue weighted by molar-refractivity contribution is 9.10. The van der Waals surface area contributed by atoms with Crippen LogP contribution in [0.25, 0.3) is 0 Å². The van der Waals surface area contributed by atoms with Gasteiger partial charge >= 0.3 is 0 Å². The Balaban J connectivity index is 2.82. The van der Waals surface area contributed by atoms with E-state index in [0.29, 0.717) is 0 Å². The number of thioether (sulfide) groups is 1. The molecule has 1 N–H and O–H groups in total. The molecule has 4 heteroatoms. The van der Waals surface area contributed by atoms with Gasteiger partial charge in [-0.1, -0.05) is 18.7 Å². The van der Waals surface area contributed by atoms with Gasteiger partial charge in [0.05, 0.1) is 10.6 Å². The van der Waals surface area contributed by atoms with Gasteiger partial charge in [-0.25, -0.2) is 4.98 Å². The van der Waals surface area contributed by atoms with Gasteiger partial charge in [0.15, 0.2) is 0 Å². The van der Waals surface area contributed by atoms with Crippen LogP contribution in [0.5, 0.6) is 0 Å². The number of halogens is 1. The highest BCUT2D eigenvalue weighted by Gasteiger charge is 2.13. The van der Waals surface area contributed by atoms with Crippen molar-refractivity contribution in [2.45, 2.75) is 37.2 Å². The van der Waals surface area contributed by atoms with Gasteiger partial charge in [0.2, 0.25) is 0 Å². The smallest absolute Gasteiger partial charge is 0.111 e. The molecule has 2 nitrogen and oxygen atoms in total. The van der Waals surface area contributed by atoms with Gasteiger partial charge in [0, 0.05) is 11.4 Å². The lowest BCUT2D eigenvalue weighted by Gasteiger charge is -2.14. The van der Waals surface area contributed by atoms with Gasteiger partial charge in [0.25, 0.3) is 0 Å². The highest BCUT2D eigenvalue weighted by Crippen LogP contribution is 2.31. The molecule has 0 aliphatic carbocycles. The first kappa shape index (κ1) is 12.0. The van der Waals surface area contributed by atoms with Crippen molar-refractivity contribution in [1.82, 2.24) is 4.98 Å². The van der Waals surface area contributed by atoms with Gasteiger partial charge < -0.3 is 5.11 Å². The topological polar surface area (TPSA) is 33.1 Å². The van der Waals surface area contributed by atoms with Crippen LogP contribution in [0.2, 0.25) is 0 Å². The summed E-state index contributed by atoms with van der Waals surface area (Å²) in [5, 5.41) is 10.5. The summed E-state index contributed by atoms with van der Waals surface area (Å²) in [7, 11) is 0. The highest BCUT2D eigenvalue weighted by atomic mass is 79.9. The Labute approximate surface area is 97.3 Å². The standard InChI is InChI=1S/C10H14BrNOS/c1-6-4-5-12-10(9(6)11)14-8(3)7(2)13/h4-5,7-8,13H,1-3H3. The fourth-order valence-electron chi connectivity index (χ4n) is 0.872. The Morgan fingerprint density at radius 3 is 2.71 bits per heavy atom. The number of aliphatic hydroxyl groups excluding tert-OH is 1. The fourth-order valence-corrected chi connectivity index (χ4v) is 2.32. The number of rotatable bonds is 3. The van der Waals surface area contributed by atoms with Crippen LogP contribution in [0.1, 0.15) is 19.4 Å². The van der Waals surface area contributed by atoms with Gasteiger partial charge in [-0.15, -0.1) is 0 Å². The molecule has 0 aliphatic heterocycles. The van der Waals surface area contributed by atoms with Crippen molar-refractivity contribution in [3.8, 4) is 0 Å². The predicted molar refractivity (Wildman–Crippen MR) is 63.7 cm³/mol. The summed E-state index contributed by atoms with van der Waals surface area (Å²) in [4.78, 5) is 4.27. The van der Waals surface area contributed by atoms with Crippen LogP contribution in [-0.2, 0) is 0 Å². The van der Waals surface area contributed by atoms with Crippen molar-refractivity contribution in [3.63, 3.8) is 0 Å².